The third-order valence-electron chi connectivity index (χ3n) is 1.54. The van der Waals surface area contributed by atoms with E-state index in [1.54, 1.807) is 0 Å². The van der Waals surface area contributed by atoms with Crippen LogP contribution in [0.1, 0.15) is 0 Å². The van der Waals surface area contributed by atoms with E-state index in [-0.39, 0.29) is 5.88 Å². The zero-order valence-corrected chi connectivity index (χ0v) is 6.87. The lowest BCUT2D eigenvalue weighted by molar-refractivity contribution is -0.614. The molecule has 2 rings (SSSR count). The lowest BCUT2D eigenvalue weighted by Gasteiger charge is -2.16. The fraction of sp³-hybridized carbons (Fsp3) is 0.286. The lowest BCUT2D eigenvalue weighted by Crippen LogP contribution is -2.32. The van der Waals surface area contributed by atoms with Crippen molar-refractivity contribution in [2.24, 2.45) is 0 Å². The third-order valence-corrected chi connectivity index (χ3v) is 1.83. The molecule has 0 saturated heterocycles. The van der Waals surface area contributed by atoms with Gasteiger partial charge in [-0.25, -0.2) is 0 Å². The van der Waals surface area contributed by atoms with Gasteiger partial charge in [-0.3, -0.25) is 0 Å². The minimum absolute atomic E-state index is 0.147. The Labute approximate surface area is 73.9 Å². The Morgan fingerprint density at radius 3 is 2.92 bits per heavy atom. The van der Waals surface area contributed by atoms with Crippen LogP contribution in [0.15, 0.2) is 12.3 Å². The van der Waals surface area contributed by atoms with E-state index in [1.165, 1.54) is 12.3 Å². The van der Waals surface area contributed by atoms with Crippen LogP contribution in [-0.2, 0) is 0 Å². The average molecular weight is 188 g/mol. The van der Waals surface area contributed by atoms with E-state index in [1.807, 2.05) is 0 Å². The van der Waals surface area contributed by atoms with Crippen LogP contribution in [0.3, 0.4) is 0 Å². The van der Waals surface area contributed by atoms with Crippen LogP contribution < -0.4 is 14.2 Å². The summed E-state index contributed by atoms with van der Waals surface area (Å²) in [6, 6.07) is 1.47. The molecule has 0 spiro atoms. The zero-order valence-electron chi connectivity index (χ0n) is 6.12. The van der Waals surface area contributed by atoms with E-state index in [9.17, 15) is 5.21 Å². The molecule has 0 atom stereocenters. The zero-order chi connectivity index (χ0) is 8.55. The lowest BCUT2D eigenvalue weighted by atomic mass is 10.4. The molecular formula is C7H6ClNO3. The minimum Gasteiger partial charge on any atom is -0.616 e. The number of hydrogen-bond donors (Lipinski definition) is 0. The first-order chi connectivity index (χ1) is 5.79. The number of nitrogens with zero attached hydrogens (tertiary/aromatic N) is 1. The summed E-state index contributed by atoms with van der Waals surface area (Å²) in [5, 5.41) is 11.5. The number of rotatable bonds is 0. The van der Waals surface area contributed by atoms with Gasteiger partial charge in [0.15, 0.2) is 6.20 Å². The van der Waals surface area contributed by atoms with Gasteiger partial charge in [-0.2, -0.15) is 0 Å². The highest BCUT2D eigenvalue weighted by Crippen LogP contribution is 2.33. The minimum atomic E-state index is 0.147. The van der Waals surface area contributed by atoms with E-state index in [4.69, 9.17) is 21.1 Å². The van der Waals surface area contributed by atoms with Gasteiger partial charge in [0.05, 0.1) is 5.02 Å². The Morgan fingerprint density at radius 2 is 2.17 bits per heavy atom. The highest BCUT2D eigenvalue weighted by Gasteiger charge is 2.23. The molecular weight excluding hydrogens is 182 g/mol. The van der Waals surface area contributed by atoms with E-state index in [2.05, 4.69) is 0 Å². The molecule has 0 amide bonds. The smallest absolute Gasteiger partial charge is 0.424 e. The van der Waals surface area contributed by atoms with Gasteiger partial charge in [0.2, 0.25) is 0 Å². The van der Waals surface area contributed by atoms with Crippen molar-refractivity contribution in [3.05, 3.63) is 22.5 Å². The van der Waals surface area contributed by atoms with Gasteiger partial charge in [-0.1, -0.05) is 11.6 Å². The summed E-state index contributed by atoms with van der Waals surface area (Å²) >= 11 is 5.76. The summed E-state index contributed by atoms with van der Waals surface area (Å²) in [5.74, 6) is 0.481. The van der Waals surface area contributed by atoms with E-state index < -0.39 is 0 Å². The molecule has 1 aliphatic heterocycles. The molecule has 0 N–H and O–H groups in total. The summed E-state index contributed by atoms with van der Waals surface area (Å²) in [7, 11) is 0. The van der Waals surface area contributed by atoms with E-state index in [0.717, 1.165) is 0 Å². The summed E-state index contributed by atoms with van der Waals surface area (Å²) in [5.41, 5.74) is 0. The number of fused-ring (bicyclic) bond motifs is 1. The van der Waals surface area contributed by atoms with Crippen molar-refractivity contribution in [1.29, 1.82) is 0 Å². The van der Waals surface area contributed by atoms with Crippen molar-refractivity contribution in [3.8, 4) is 11.6 Å². The van der Waals surface area contributed by atoms with Gasteiger partial charge in [0.1, 0.15) is 13.2 Å². The quantitative estimate of drug-likeness (QED) is 0.445. The normalized spacial score (nSPS) is 14.4. The van der Waals surface area contributed by atoms with Crippen LogP contribution in [0.4, 0.5) is 0 Å². The van der Waals surface area contributed by atoms with E-state index >= 15 is 0 Å². The Balaban J connectivity index is 2.57. The Hall–Kier alpha value is -1.16. The average Bonchev–Trinajstić information content (AvgIpc) is 2.12. The van der Waals surface area contributed by atoms with E-state index in [0.29, 0.717) is 28.7 Å². The molecule has 5 heteroatoms. The molecule has 1 aromatic heterocycles. The summed E-state index contributed by atoms with van der Waals surface area (Å²) in [4.78, 5) is 0. The number of aromatic nitrogens is 1. The number of ether oxygens (including phenoxy) is 2. The highest BCUT2D eigenvalue weighted by molar-refractivity contribution is 6.32. The van der Waals surface area contributed by atoms with Crippen LogP contribution >= 0.6 is 11.6 Å². The first-order valence-corrected chi connectivity index (χ1v) is 3.84. The van der Waals surface area contributed by atoms with Crippen LogP contribution in [-0.4, -0.2) is 13.2 Å². The van der Waals surface area contributed by atoms with Gasteiger partial charge in [-0.15, -0.1) is 4.73 Å². The summed E-state index contributed by atoms with van der Waals surface area (Å²) in [6.45, 7) is 0.812. The maximum atomic E-state index is 11.1. The molecule has 0 unspecified atom stereocenters. The fourth-order valence-corrected chi connectivity index (χ4v) is 1.21. The van der Waals surface area contributed by atoms with Gasteiger partial charge < -0.3 is 14.7 Å². The Morgan fingerprint density at radius 1 is 1.42 bits per heavy atom. The molecule has 64 valence electrons. The first-order valence-electron chi connectivity index (χ1n) is 3.46. The van der Waals surface area contributed by atoms with Crippen LogP contribution in [0.5, 0.6) is 11.6 Å². The molecule has 0 aromatic carbocycles. The molecule has 12 heavy (non-hydrogen) atoms. The maximum absolute atomic E-state index is 11.1. The van der Waals surface area contributed by atoms with Crippen molar-refractivity contribution in [2.45, 2.75) is 0 Å². The first kappa shape index (κ1) is 7.49. The molecule has 1 aromatic rings. The standard InChI is InChI=1S/C7H6ClNO3/c8-5-1-2-9(10)7-6(5)11-3-4-12-7/h1-2H,3-4H2. The van der Waals surface area contributed by atoms with Gasteiger partial charge in [0.25, 0.3) is 5.75 Å². The third kappa shape index (κ3) is 1.04. The molecule has 1 aliphatic rings. The number of pyridine rings is 1. The number of halogens is 1. The van der Waals surface area contributed by atoms with Gasteiger partial charge >= 0.3 is 5.88 Å². The largest absolute Gasteiger partial charge is 0.616 e. The second kappa shape index (κ2) is 2.71. The van der Waals surface area contributed by atoms with Crippen LogP contribution in [0, 0.1) is 5.21 Å². The second-order valence-electron chi connectivity index (χ2n) is 2.32. The fourth-order valence-electron chi connectivity index (χ4n) is 1.02. The van der Waals surface area contributed by atoms with Crippen molar-refractivity contribution in [2.75, 3.05) is 13.2 Å². The molecule has 2 heterocycles. The predicted molar refractivity (Wildman–Crippen MR) is 41.4 cm³/mol. The second-order valence-corrected chi connectivity index (χ2v) is 2.73. The topological polar surface area (TPSA) is 45.4 Å². The molecule has 4 nitrogen and oxygen atoms in total. The summed E-state index contributed by atoms with van der Waals surface area (Å²) < 4.78 is 10.8. The number of hydrogen-bond acceptors (Lipinski definition) is 3. The van der Waals surface area contributed by atoms with Crippen molar-refractivity contribution in [1.82, 2.24) is 0 Å². The van der Waals surface area contributed by atoms with Gasteiger partial charge in [-0.05, 0) is 0 Å². The monoisotopic (exact) mass is 187 g/mol. The van der Waals surface area contributed by atoms with Crippen molar-refractivity contribution >= 4 is 11.6 Å². The maximum Gasteiger partial charge on any atom is 0.424 e. The molecule has 0 aliphatic carbocycles. The molecule has 0 saturated carbocycles. The Bertz CT molecular complexity index is 285. The van der Waals surface area contributed by atoms with Crippen LogP contribution in [0.2, 0.25) is 5.02 Å². The predicted octanol–water partition coefficient (Wildman–Crippen LogP) is 0.745. The Kier molecular flexibility index (Phi) is 1.69. The molecule has 0 bridgehead atoms. The molecule has 0 radical (unpaired) electrons. The van der Waals surface area contributed by atoms with Crippen molar-refractivity contribution < 1.29 is 14.2 Å². The van der Waals surface area contributed by atoms with Crippen molar-refractivity contribution in [3.63, 3.8) is 0 Å². The van der Waals surface area contributed by atoms with Gasteiger partial charge in [0, 0.05) is 6.07 Å². The SMILES string of the molecule is [O-][n+]1ccc(Cl)c2c1OCCO2. The van der Waals surface area contributed by atoms with Crippen LogP contribution in [0.25, 0.3) is 0 Å². The highest BCUT2D eigenvalue weighted by atomic mass is 35.5. The molecule has 0 fully saturated rings. The summed E-state index contributed by atoms with van der Waals surface area (Å²) in [6.07, 6.45) is 1.29.